The molecule has 1 aromatic rings. The van der Waals surface area contributed by atoms with E-state index in [0.717, 1.165) is 0 Å². The molecular formula is C21H23Cl2F3N2O5. The Morgan fingerprint density at radius 1 is 1.09 bits per heavy atom. The fraction of sp³-hybridized carbons (Fsp3) is 0.429. The average Bonchev–Trinajstić information content (AvgIpc) is 2.74. The molecule has 0 bridgehead atoms. The van der Waals surface area contributed by atoms with Gasteiger partial charge >= 0.3 is 18.1 Å². The van der Waals surface area contributed by atoms with Gasteiger partial charge in [0, 0.05) is 6.54 Å². The molecule has 2 rings (SSSR count). The van der Waals surface area contributed by atoms with Crippen LogP contribution in [0.25, 0.3) is 0 Å². The molecule has 0 fully saturated rings. The van der Waals surface area contributed by atoms with Crippen molar-refractivity contribution in [3.63, 3.8) is 0 Å². The fourth-order valence-electron chi connectivity index (χ4n) is 3.28. The lowest BCUT2D eigenvalue weighted by Crippen LogP contribution is -2.40. The molecule has 1 unspecified atom stereocenters. The molecule has 1 heterocycles. The minimum atomic E-state index is -5.01. The van der Waals surface area contributed by atoms with E-state index in [-0.39, 0.29) is 53.2 Å². The molecule has 1 aliphatic rings. The second-order valence-electron chi connectivity index (χ2n) is 6.66. The number of hydrogen-bond donors (Lipinski definition) is 2. The van der Waals surface area contributed by atoms with Crippen molar-refractivity contribution >= 4 is 35.1 Å². The molecule has 1 atom stereocenters. The van der Waals surface area contributed by atoms with Crippen molar-refractivity contribution in [2.24, 2.45) is 5.73 Å². The summed E-state index contributed by atoms with van der Waals surface area (Å²) < 4.78 is 57.7. The largest absolute Gasteiger partial charge is 0.463 e. The fourth-order valence-corrected chi connectivity index (χ4v) is 3.69. The number of alkyl halides is 3. The van der Waals surface area contributed by atoms with Crippen LogP contribution in [-0.2, 0) is 23.8 Å². The van der Waals surface area contributed by atoms with Crippen LogP contribution in [0.1, 0.15) is 25.3 Å². The molecule has 1 aromatic carbocycles. The summed E-state index contributed by atoms with van der Waals surface area (Å²) in [6, 6.07) is 4.23. The maximum Gasteiger partial charge on any atom is 0.431 e. The number of rotatable bonds is 9. The number of esters is 2. The van der Waals surface area contributed by atoms with Crippen LogP contribution >= 0.6 is 23.2 Å². The topological polar surface area (TPSA) is 99.9 Å². The summed E-state index contributed by atoms with van der Waals surface area (Å²) in [5.41, 5.74) is 2.61. The molecule has 1 aliphatic heterocycles. The molecular weight excluding hydrogens is 488 g/mol. The van der Waals surface area contributed by atoms with E-state index in [2.05, 4.69) is 5.32 Å². The number of hydrogen-bond acceptors (Lipinski definition) is 7. The minimum absolute atomic E-state index is 0.00477. The standard InChI is InChI=1S/C21H23Cl2F3N2O5/c1-3-32-19(29)15-13(10-31-9-8-27)28-18(21(24,25)26)16(20(30)33-4-2)14(15)11-6-5-7-12(22)17(11)23/h5-7,14,28H,3-4,8-10,27H2,1-2H3. The van der Waals surface area contributed by atoms with Crippen molar-refractivity contribution in [2.45, 2.75) is 25.9 Å². The number of nitrogens with two attached hydrogens (primary N) is 1. The van der Waals surface area contributed by atoms with Gasteiger partial charge in [-0.3, -0.25) is 0 Å². The number of allylic oxidation sites excluding steroid dienone is 1. The lowest BCUT2D eigenvalue weighted by Gasteiger charge is -2.33. The third kappa shape index (κ3) is 6.20. The smallest absolute Gasteiger partial charge is 0.431 e. The van der Waals surface area contributed by atoms with Crippen LogP contribution in [-0.4, -0.2) is 51.1 Å². The highest BCUT2D eigenvalue weighted by Gasteiger charge is 2.48. The molecule has 0 saturated heterocycles. The monoisotopic (exact) mass is 510 g/mol. The van der Waals surface area contributed by atoms with E-state index < -0.39 is 41.9 Å². The molecule has 0 aliphatic carbocycles. The van der Waals surface area contributed by atoms with Gasteiger partial charge in [0.05, 0.1) is 59.2 Å². The molecule has 0 radical (unpaired) electrons. The van der Waals surface area contributed by atoms with Crippen LogP contribution in [0.15, 0.2) is 40.7 Å². The third-order valence-corrected chi connectivity index (χ3v) is 5.36. The van der Waals surface area contributed by atoms with Gasteiger partial charge in [0.25, 0.3) is 0 Å². The number of benzene rings is 1. The van der Waals surface area contributed by atoms with Crippen LogP contribution in [0.4, 0.5) is 13.2 Å². The highest BCUT2D eigenvalue weighted by atomic mass is 35.5. The Bertz CT molecular complexity index is 964. The number of dihydropyridines is 1. The number of carbonyl (C=O) groups is 2. The molecule has 0 aromatic heterocycles. The lowest BCUT2D eigenvalue weighted by molar-refractivity contribution is -0.141. The SMILES string of the molecule is CCOC(=O)C1=C(COCCN)NC(C(F)(F)F)=C(C(=O)OCC)C1c1cccc(Cl)c1Cl. The Kier molecular flexibility index (Phi) is 9.59. The zero-order valence-corrected chi connectivity index (χ0v) is 19.4. The summed E-state index contributed by atoms with van der Waals surface area (Å²) in [4.78, 5) is 25.8. The molecule has 0 amide bonds. The van der Waals surface area contributed by atoms with Crippen molar-refractivity contribution in [1.29, 1.82) is 0 Å². The van der Waals surface area contributed by atoms with Gasteiger partial charge in [0.2, 0.25) is 0 Å². The first kappa shape index (κ1) is 27.0. The van der Waals surface area contributed by atoms with E-state index in [0.29, 0.717) is 0 Å². The van der Waals surface area contributed by atoms with Gasteiger partial charge in [0.1, 0.15) is 5.70 Å². The normalized spacial score (nSPS) is 16.5. The minimum Gasteiger partial charge on any atom is -0.463 e. The second kappa shape index (κ2) is 11.7. The maximum atomic E-state index is 14.1. The third-order valence-electron chi connectivity index (χ3n) is 4.52. The molecule has 33 heavy (non-hydrogen) atoms. The van der Waals surface area contributed by atoms with Crippen molar-refractivity contribution in [2.75, 3.05) is 33.0 Å². The second-order valence-corrected chi connectivity index (χ2v) is 7.45. The van der Waals surface area contributed by atoms with Crippen LogP contribution in [0.5, 0.6) is 0 Å². The Morgan fingerprint density at radius 2 is 1.70 bits per heavy atom. The predicted molar refractivity (Wildman–Crippen MR) is 116 cm³/mol. The van der Waals surface area contributed by atoms with E-state index in [1.807, 2.05) is 0 Å². The van der Waals surface area contributed by atoms with Gasteiger partial charge in [-0.25, -0.2) is 9.59 Å². The van der Waals surface area contributed by atoms with Gasteiger partial charge in [-0.2, -0.15) is 13.2 Å². The Labute approximate surface area is 198 Å². The first-order chi connectivity index (χ1) is 15.6. The number of carbonyl (C=O) groups excluding carboxylic acids is 2. The van der Waals surface area contributed by atoms with E-state index in [9.17, 15) is 22.8 Å². The maximum absolute atomic E-state index is 14.1. The molecule has 3 N–H and O–H groups in total. The zero-order chi connectivity index (χ0) is 24.8. The first-order valence-electron chi connectivity index (χ1n) is 9.95. The van der Waals surface area contributed by atoms with Gasteiger partial charge < -0.3 is 25.3 Å². The molecule has 0 spiro atoms. The number of nitrogens with one attached hydrogen (secondary N) is 1. The Hall–Kier alpha value is -2.27. The van der Waals surface area contributed by atoms with Gasteiger partial charge in [-0.1, -0.05) is 35.3 Å². The van der Waals surface area contributed by atoms with Gasteiger partial charge in [0.15, 0.2) is 0 Å². The summed E-state index contributed by atoms with van der Waals surface area (Å²) in [6.07, 6.45) is -5.01. The highest BCUT2D eigenvalue weighted by Crippen LogP contribution is 2.46. The Morgan fingerprint density at radius 3 is 2.24 bits per heavy atom. The average molecular weight is 511 g/mol. The van der Waals surface area contributed by atoms with Crippen LogP contribution in [0, 0.1) is 0 Å². The summed E-state index contributed by atoms with van der Waals surface area (Å²) in [6.45, 7) is 2.38. The van der Waals surface area contributed by atoms with E-state index >= 15 is 0 Å². The summed E-state index contributed by atoms with van der Waals surface area (Å²) in [5, 5.41) is 2.05. The van der Waals surface area contributed by atoms with Gasteiger partial charge in [-0.05, 0) is 25.5 Å². The zero-order valence-electron chi connectivity index (χ0n) is 17.9. The summed E-state index contributed by atoms with van der Waals surface area (Å²) in [5.74, 6) is -3.83. The van der Waals surface area contributed by atoms with Crippen molar-refractivity contribution in [1.82, 2.24) is 5.32 Å². The quantitative estimate of drug-likeness (QED) is 0.384. The number of halogens is 5. The Balaban J connectivity index is 2.89. The molecule has 0 saturated carbocycles. The lowest BCUT2D eigenvalue weighted by atomic mass is 9.79. The van der Waals surface area contributed by atoms with Crippen molar-refractivity contribution in [3.8, 4) is 0 Å². The van der Waals surface area contributed by atoms with E-state index in [1.54, 1.807) is 0 Å². The first-order valence-corrected chi connectivity index (χ1v) is 10.7. The van der Waals surface area contributed by atoms with Crippen LogP contribution < -0.4 is 11.1 Å². The highest BCUT2D eigenvalue weighted by molar-refractivity contribution is 6.42. The van der Waals surface area contributed by atoms with Crippen LogP contribution in [0.2, 0.25) is 10.0 Å². The van der Waals surface area contributed by atoms with E-state index in [1.165, 1.54) is 32.0 Å². The van der Waals surface area contributed by atoms with E-state index in [4.69, 9.17) is 43.1 Å². The summed E-state index contributed by atoms with van der Waals surface area (Å²) in [7, 11) is 0. The summed E-state index contributed by atoms with van der Waals surface area (Å²) >= 11 is 12.4. The van der Waals surface area contributed by atoms with Crippen molar-refractivity contribution < 1.29 is 37.0 Å². The van der Waals surface area contributed by atoms with Crippen molar-refractivity contribution in [3.05, 3.63) is 56.3 Å². The molecule has 182 valence electrons. The predicted octanol–water partition coefficient (Wildman–Crippen LogP) is 3.85. The number of ether oxygens (including phenoxy) is 3. The molecule has 12 heteroatoms. The van der Waals surface area contributed by atoms with Crippen LogP contribution in [0.3, 0.4) is 0 Å². The molecule has 7 nitrogen and oxygen atoms in total. The van der Waals surface area contributed by atoms with Gasteiger partial charge in [-0.15, -0.1) is 0 Å².